The van der Waals surface area contributed by atoms with E-state index in [-0.39, 0.29) is 23.7 Å². The van der Waals surface area contributed by atoms with Crippen LogP contribution >= 0.6 is 23.1 Å². The van der Waals surface area contributed by atoms with Gasteiger partial charge in [0.05, 0.1) is 0 Å². The van der Waals surface area contributed by atoms with Crippen molar-refractivity contribution in [3.05, 3.63) is 46.5 Å². The zero-order valence-electron chi connectivity index (χ0n) is 15.4. The number of carboxylic acid groups (broad SMARTS) is 1. The molecule has 2 unspecified atom stereocenters. The highest BCUT2D eigenvalue weighted by Gasteiger charge is 2.40. The van der Waals surface area contributed by atoms with E-state index in [4.69, 9.17) is 10.8 Å². The molecule has 1 aliphatic heterocycles. The summed E-state index contributed by atoms with van der Waals surface area (Å²) in [6.07, 6.45) is 3.47. The maximum Gasteiger partial charge on any atom is 0.355 e. The fourth-order valence-electron chi connectivity index (χ4n) is 4.36. The van der Waals surface area contributed by atoms with E-state index in [2.05, 4.69) is 29.2 Å². The Morgan fingerprint density at radius 2 is 2.18 bits per heavy atom. The number of amides is 1. The Hall–Kier alpha value is -1.90. The Balaban J connectivity index is 1.39. The van der Waals surface area contributed by atoms with E-state index in [9.17, 15) is 9.59 Å². The maximum atomic E-state index is 12.5. The number of rotatable bonds is 7. The largest absolute Gasteiger partial charge is 0.476 e. The van der Waals surface area contributed by atoms with E-state index in [0.29, 0.717) is 24.6 Å². The summed E-state index contributed by atoms with van der Waals surface area (Å²) in [6, 6.07) is 8.50. The number of benzene rings is 1. The average Bonchev–Trinajstić information content (AvgIpc) is 3.40. The zero-order valence-corrected chi connectivity index (χ0v) is 17.0. The monoisotopic (exact) mass is 417 g/mol. The molecule has 3 atom stereocenters. The molecule has 2 aliphatic rings. The number of nitrogens with two attached hydrogens (primary N) is 1. The van der Waals surface area contributed by atoms with Gasteiger partial charge < -0.3 is 15.7 Å². The van der Waals surface area contributed by atoms with Crippen LogP contribution in [0.4, 0.5) is 0 Å². The van der Waals surface area contributed by atoms with Crippen LogP contribution in [0, 0.1) is 0 Å². The minimum Gasteiger partial charge on any atom is -0.476 e. The quantitative estimate of drug-likeness (QED) is 0.673. The van der Waals surface area contributed by atoms with Gasteiger partial charge in [-0.05, 0) is 30.4 Å². The van der Waals surface area contributed by atoms with Crippen LogP contribution in [-0.4, -0.2) is 51.2 Å². The molecule has 1 fully saturated rings. The van der Waals surface area contributed by atoms with Crippen LogP contribution < -0.4 is 5.73 Å². The average molecular weight is 418 g/mol. The molecule has 0 bridgehead atoms. The zero-order chi connectivity index (χ0) is 19.7. The molecule has 1 aliphatic carbocycles. The third-order valence-electron chi connectivity index (χ3n) is 5.72. The smallest absolute Gasteiger partial charge is 0.355 e. The highest BCUT2D eigenvalue weighted by molar-refractivity contribution is 8.01. The molecule has 4 rings (SSSR count). The summed E-state index contributed by atoms with van der Waals surface area (Å²) in [4.78, 5) is 29.4. The number of hydrogen-bond donors (Lipinski definition) is 2. The molecule has 1 saturated heterocycles. The van der Waals surface area contributed by atoms with Crippen LogP contribution in [0.1, 0.15) is 46.8 Å². The van der Waals surface area contributed by atoms with Crippen LogP contribution in [0.25, 0.3) is 0 Å². The van der Waals surface area contributed by atoms with Crippen LogP contribution in [0.5, 0.6) is 0 Å². The van der Waals surface area contributed by atoms with E-state index in [1.165, 1.54) is 34.2 Å². The molecule has 148 valence electrons. The van der Waals surface area contributed by atoms with Gasteiger partial charge in [0.25, 0.3) is 0 Å². The van der Waals surface area contributed by atoms with Gasteiger partial charge in [-0.1, -0.05) is 36.0 Å². The number of aromatic nitrogens is 1. The number of thioether (sulfide) groups is 1. The summed E-state index contributed by atoms with van der Waals surface area (Å²) in [6.45, 7) is 0.609. The van der Waals surface area contributed by atoms with Crippen molar-refractivity contribution in [3.63, 3.8) is 0 Å². The Morgan fingerprint density at radius 3 is 2.96 bits per heavy atom. The van der Waals surface area contributed by atoms with Crippen molar-refractivity contribution in [1.82, 2.24) is 9.88 Å². The molecule has 0 radical (unpaired) electrons. The molecule has 8 heteroatoms. The first-order valence-corrected chi connectivity index (χ1v) is 11.4. The third-order valence-corrected chi connectivity index (χ3v) is 7.72. The molecule has 1 aromatic carbocycles. The SMILES string of the molecule is NC(C1CCc2ccccc21)[C@H]1CCC(=O)N1CCSc1nc(C(=O)O)cs1. The predicted octanol–water partition coefficient (Wildman–Crippen LogP) is 2.98. The lowest BCUT2D eigenvalue weighted by atomic mass is 9.88. The highest BCUT2D eigenvalue weighted by Crippen LogP contribution is 2.38. The molecule has 3 N–H and O–H groups in total. The molecule has 0 saturated carbocycles. The number of carboxylic acids is 1. The van der Waals surface area contributed by atoms with E-state index < -0.39 is 5.97 Å². The number of aromatic carboxylic acids is 1. The van der Waals surface area contributed by atoms with Gasteiger partial charge >= 0.3 is 5.97 Å². The van der Waals surface area contributed by atoms with E-state index in [1.807, 2.05) is 4.90 Å². The van der Waals surface area contributed by atoms with Crippen LogP contribution in [-0.2, 0) is 11.2 Å². The predicted molar refractivity (Wildman–Crippen MR) is 110 cm³/mol. The summed E-state index contributed by atoms with van der Waals surface area (Å²) in [5.74, 6) is 0.140. The molecule has 0 spiro atoms. The second kappa shape index (κ2) is 8.23. The lowest BCUT2D eigenvalue weighted by molar-refractivity contribution is -0.129. The molecule has 1 aromatic heterocycles. The molecule has 2 heterocycles. The van der Waals surface area contributed by atoms with E-state index >= 15 is 0 Å². The first-order valence-electron chi connectivity index (χ1n) is 9.49. The van der Waals surface area contributed by atoms with Crippen molar-refractivity contribution in [3.8, 4) is 0 Å². The number of carbonyl (C=O) groups excluding carboxylic acids is 1. The summed E-state index contributed by atoms with van der Waals surface area (Å²) in [5, 5.41) is 10.5. The fourth-order valence-corrected chi connectivity index (χ4v) is 6.17. The molecular formula is C20H23N3O3S2. The molecule has 28 heavy (non-hydrogen) atoms. The number of fused-ring (bicyclic) bond motifs is 1. The Labute approximate surface area is 172 Å². The standard InChI is InChI=1S/C20H23N3O3S2/c21-18(14-6-5-12-3-1-2-4-13(12)14)16-7-8-17(24)23(16)9-10-27-20-22-15(11-28-20)19(25)26/h1-4,11,14,16,18H,5-10,21H2,(H,25,26)/t14?,16-,18?/m1/s1. The maximum absolute atomic E-state index is 12.5. The number of carbonyl (C=O) groups is 2. The van der Waals surface area contributed by atoms with Gasteiger partial charge in [-0.25, -0.2) is 9.78 Å². The van der Waals surface area contributed by atoms with Gasteiger partial charge in [0, 0.05) is 42.1 Å². The molecule has 6 nitrogen and oxygen atoms in total. The summed E-state index contributed by atoms with van der Waals surface area (Å²) in [7, 11) is 0. The lowest BCUT2D eigenvalue weighted by Gasteiger charge is -2.33. The van der Waals surface area contributed by atoms with Crippen molar-refractivity contribution in [2.45, 2.75) is 48.0 Å². The van der Waals surface area contributed by atoms with E-state index in [1.54, 1.807) is 5.38 Å². The van der Waals surface area contributed by atoms with Crippen molar-refractivity contribution >= 4 is 35.0 Å². The summed E-state index contributed by atoms with van der Waals surface area (Å²) >= 11 is 2.82. The fraction of sp³-hybridized carbons (Fsp3) is 0.450. The number of aryl methyl sites for hydroxylation is 1. The van der Waals surface area contributed by atoms with Gasteiger partial charge in [0.2, 0.25) is 5.91 Å². The summed E-state index contributed by atoms with van der Waals surface area (Å²) in [5.41, 5.74) is 9.49. The number of likely N-dealkylation sites (tertiary alicyclic amines) is 1. The topological polar surface area (TPSA) is 96.5 Å². The van der Waals surface area contributed by atoms with Gasteiger partial charge in [-0.15, -0.1) is 11.3 Å². The summed E-state index contributed by atoms with van der Waals surface area (Å²) < 4.78 is 0.717. The van der Waals surface area contributed by atoms with Crippen LogP contribution in [0.3, 0.4) is 0 Å². The normalized spacial score (nSPS) is 22.5. The molecule has 2 aromatic rings. The van der Waals surface area contributed by atoms with E-state index in [0.717, 1.165) is 23.6 Å². The second-order valence-corrected chi connectivity index (χ2v) is 9.47. The van der Waals surface area contributed by atoms with Gasteiger partial charge in [-0.3, -0.25) is 4.79 Å². The van der Waals surface area contributed by atoms with Gasteiger partial charge in [0.15, 0.2) is 10.0 Å². The van der Waals surface area contributed by atoms with Crippen molar-refractivity contribution in [2.24, 2.45) is 5.73 Å². The first-order chi connectivity index (χ1) is 13.5. The first kappa shape index (κ1) is 19.4. The second-order valence-electron chi connectivity index (χ2n) is 7.27. The van der Waals surface area contributed by atoms with Gasteiger partial charge in [-0.2, -0.15) is 0 Å². The lowest BCUT2D eigenvalue weighted by Crippen LogP contribution is -2.48. The van der Waals surface area contributed by atoms with Crippen molar-refractivity contribution < 1.29 is 14.7 Å². The molecular weight excluding hydrogens is 394 g/mol. The number of nitrogens with zero attached hydrogens (tertiary/aromatic N) is 2. The Kier molecular flexibility index (Phi) is 5.70. The van der Waals surface area contributed by atoms with Gasteiger partial charge in [0.1, 0.15) is 0 Å². The van der Waals surface area contributed by atoms with Crippen molar-refractivity contribution in [1.29, 1.82) is 0 Å². The number of thiazole rings is 1. The molecule has 1 amide bonds. The van der Waals surface area contributed by atoms with Crippen molar-refractivity contribution in [2.75, 3.05) is 12.3 Å². The minimum atomic E-state index is -1.01. The van der Waals surface area contributed by atoms with Crippen LogP contribution in [0.2, 0.25) is 0 Å². The highest BCUT2D eigenvalue weighted by atomic mass is 32.2. The third kappa shape index (κ3) is 3.81. The Morgan fingerprint density at radius 1 is 1.36 bits per heavy atom. The number of hydrogen-bond acceptors (Lipinski definition) is 6. The minimum absolute atomic E-state index is 0.0569. The van der Waals surface area contributed by atoms with Crippen LogP contribution in [0.15, 0.2) is 34.0 Å². The Bertz CT molecular complexity index is 885.